The first kappa shape index (κ1) is 32.3. The molecule has 6 atom stereocenters. The number of hydrogen-bond acceptors (Lipinski definition) is 6. The van der Waals surface area contributed by atoms with Crippen LogP contribution in [0.1, 0.15) is 89.7 Å². The molecule has 7 nitrogen and oxygen atoms in total. The third-order valence-electron chi connectivity index (χ3n) is 8.18. The summed E-state index contributed by atoms with van der Waals surface area (Å²) >= 11 is 0. The number of benzene rings is 1. The molecule has 40 heavy (non-hydrogen) atoms. The second kappa shape index (κ2) is 17.6. The zero-order valence-electron chi connectivity index (χ0n) is 24.3. The largest absolute Gasteiger partial charge is 0.482 e. The third-order valence-corrected chi connectivity index (χ3v) is 9.01. The Labute approximate surface area is 241 Å². The standard InChI is InChI=1S/C23H33O5P.C7H8O2.C2H6/c1-2-3-4-7-17-9-10-18-19-11-15-6-5-8-21(26-14-23(24)25)20(15)12-16(19)13-22(18)28-29-27-17;8-6-9-7-4-2-1-3-5-7;1-2/h5-6,8,16-19,22,29H,2-4,7,9-14H2,1H3,(H,24,25);2,4-6H,1,3H2;1-2H3/t16?,17-,18+,19?,22+;;/m0../s1. The molecule has 3 unspecified atom stereocenters. The molecule has 5 rings (SSSR count). The number of fused-ring (bicyclic) bond motifs is 4. The van der Waals surface area contributed by atoms with E-state index in [1.807, 2.05) is 38.1 Å². The SMILES string of the molecule is CC.CCCCC[C@H]1CC[C@@H]2C3Cc4cccc(OCC(=O)O)c4CC3C[C@H]2OPO1.O=COC1=CCCC=C1. The molecule has 1 saturated heterocycles. The van der Waals surface area contributed by atoms with Crippen LogP contribution < -0.4 is 4.74 Å². The minimum absolute atomic E-state index is 0.162. The fourth-order valence-electron chi connectivity index (χ4n) is 6.34. The molecule has 0 amide bonds. The van der Waals surface area contributed by atoms with Crippen molar-refractivity contribution in [1.82, 2.24) is 0 Å². The molecule has 0 bridgehead atoms. The number of aliphatic carboxylic acids is 1. The molecule has 1 heterocycles. The molecule has 1 N–H and O–H groups in total. The Morgan fingerprint density at radius 3 is 2.70 bits per heavy atom. The second-order valence-electron chi connectivity index (χ2n) is 10.7. The van der Waals surface area contributed by atoms with Gasteiger partial charge in [0.25, 0.3) is 6.47 Å². The fourth-order valence-corrected chi connectivity index (χ4v) is 7.16. The van der Waals surface area contributed by atoms with Crippen molar-refractivity contribution in [3.8, 4) is 5.75 Å². The Balaban J connectivity index is 0.000000339. The second-order valence-corrected chi connectivity index (χ2v) is 11.3. The minimum atomic E-state index is -0.932. The molecule has 222 valence electrons. The van der Waals surface area contributed by atoms with Crippen molar-refractivity contribution in [2.45, 2.75) is 104 Å². The maximum Gasteiger partial charge on any atom is 0.341 e. The molecule has 0 spiro atoms. The average Bonchev–Trinajstić information content (AvgIpc) is 3.29. The van der Waals surface area contributed by atoms with Crippen LogP contribution in [0.15, 0.2) is 42.2 Å². The van der Waals surface area contributed by atoms with E-state index >= 15 is 0 Å². The Kier molecular flexibility index (Phi) is 14.2. The van der Waals surface area contributed by atoms with Crippen LogP contribution in [0.5, 0.6) is 5.75 Å². The average molecular weight is 575 g/mol. The summed E-state index contributed by atoms with van der Waals surface area (Å²) in [5, 5.41) is 8.96. The highest BCUT2D eigenvalue weighted by atomic mass is 31.1. The fraction of sp³-hybridized carbons (Fsp3) is 0.625. The quantitative estimate of drug-likeness (QED) is 0.185. The Morgan fingerprint density at radius 1 is 1.12 bits per heavy atom. The number of hydrogen-bond donors (Lipinski definition) is 1. The summed E-state index contributed by atoms with van der Waals surface area (Å²) < 4.78 is 22.5. The van der Waals surface area contributed by atoms with E-state index < -0.39 is 5.97 Å². The zero-order chi connectivity index (χ0) is 28.7. The minimum Gasteiger partial charge on any atom is -0.482 e. The number of rotatable bonds is 9. The van der Waals surface area contributed by atoms with Crippen molar-refractivity contribution >= 4 is 21.5 Å². The van der Waals surface area contributed by atoms with Gasteiger partial charge in [0.1, 0.15) is 11.5 Å². The topological polar surface area (TPSA) is 91.3 Å². The molecule has 2 fully saturated rings. The zero-order valence-corrected chi connectivity index (χ0v) is 25.3. The van der Waals surface area contributed by atoms with Gasteiger partial charge in [0.05, 0.1) is 12.2 Å². The highest BCUT2D eigenvalue weighted by molar-refractivity contribution is 7.26. The van der Waals surface area contributed by atoms with E-state index in [-0.39, 0.29) is 15.6 Å². The summed E-state index contributed by atoms with van der Waals surface area (Å²) in [6, 6.07) is 6.10. The summed E-state index contributed by atoms with van der Waals surface area (Å²) in [6.45, 7) is 6.41. The Bertz CT molecular complexity index is 991. The van der Waals surface area contributed by atoms with Gasteiger partial charge in [-0.2, -0.15) is 0 Å². The Hall–Kier alpha value is -2.21. The van der Waals surface area contributed by atoms with E-state index in [0.717, 1.165) is 50.7 Å². The van der Waals surface area contributed by atoms with Gasteiger partial charge in [-0.15, -0.1) is 0 Å². The van der Waals surface area contributed by atoms with E-state index in [4.69, 9.17) is 18.9 Å². The Morgan fingerprint density at radius 2 is 1.98 bits per heavy atom. The maximum atomic E-state index is 10.9. The number of carbonyl (C=O) groups is 2. The smallest absolute Gasteiger partial charge is 0.341 e. The van der Waals surface area contributed by atoms with Gasteiger partial charge in [0.2, 0.25) is 0 Å². The van der Waals surface area contributed by atoms with E-state index in [2.05, 4.69) is 17.7 Å². The summed E-state index contributed by atoms with van der Waals surface area (Å²) in [4.78, 5) is 20.7. The van der Waals surface area contributed by atoms with Gasteiger partial charge in [-0.3, -0.25) is 4.79 Å². The van der Waals surface area contributed by atoms with E-state index in [1.165, 1.54) is 36.8 Å². The normalized spacial score (nSPS) is 27.1. The van der Waals surface area contributed by atoms with Crippen molar-refractivity contribution in [2.75, 3.05) is 6.61 Å². The van der Waals surface area contributed by atoms with Crippen LogP contribution in [-0.2, 0) is 36.2 Å². The predicted molar refractivity (Wildman–Crippen MR) is 158 cm³/mol. The summed E-state index contributed by atoms with van der Waals surface area (Å²) in [7, 11) is 0.162. The molecular weight excluding hydrogens is 527 g/mol. The number of carboxylic acid groups (broad SMARTS) is 1. The molecule has 1 aromatic carbocycles. The lowest BCUT2D eigenvalue weighted by Gasteiger charge is -2.34. The van der Waals surface area contributed by atoms with Crippen molar-refractivity contribution in [2.24, 2.45) is 17.8 Å². The molecule has 8 heteroatoms. The predicted octanol–water partition coefficient (Wildman–Crippen LogP) is 7.57. The van der Waals surface area contributed by atoms with Crippen molar-refractivity contribution in [1.29, 1.82) is 0 Å². The van der Waals surface area contributed by atoms with Crippen LogP contribution >= 0.6 is 9.03 Å². The first-order chi connectivity index (χ1) is 19.6. The van der Waals surface area contributed by atoms with Crippen LogP contribution in [0.2, 0.25) is 0 Å². The monoisotopic (exact) mass is 574 g/mol. The maximum absolute atomic E-state index is 10.9. The van der Waals surface area contributed by atoms with Crippen molar-refractivity contribution in [3.05, 3.63) is 53.3 Å². The number of ether oxygens (including phenoxy) is 2. The summed E-state index contributed by atoms with van der Waals surface area (Å²) in [6.07, 6.45) is 18.7. The van der Waals surface area contributed by atoms with Gasteiger partial charge in [-0.05, 0) is 98.5 Å². The van der Waals surface area contributed by atoms with Crippen molar-refractivity contribution < 1.29 is 33.2 Å². The highest BCUT2D eigenvalue weighted by Crippen LogP contribution is 2.51. The number of unbranched alkanes of at least 4 members (excludes halogenated alkanes) is 2. The van der Waals surface area contributed by atoms with E-state index in [9.17, 15) is 9.59 Å². The highest BCUT2D eigenvalue weighted by Gasteiger charge is 2.46. The molecule has 0 radical (unpaired) electrons. The van der Waals surface area contributed by atoms with Gasteiger partial charge in [-0.1, -0.05) is 58.2 Å². The van der Waals surface area contributed by atoms with Crippen LogP contribution in [-0.4, -0.2) is 36.4 Å². The summed E-state index contributed by atoms with van der Waals surface area (Å²) in [5.41, 5.74) is 2.54. The lowest BCUT2D eigenvalue weighted by Crippen LogP contribution is -2.29. The van der Waals surface area contributed by atoms with E-state index in [0.29, 0.717) is 42.2 Å². The van der Waals surface area contributed by atoms with Crippen molar-refractivity contribution in [3.63, 3.8) is 0 Å². The van der Waals surface area contributed by atoms with Crippen LogP contribution in [0.4, 0.5) is 0 Å². The molecule has 3 aliphatic carbocycles. The molecule has 1 aliphatic heterocycles. The number of allylic oxidation sites excluding steroid dienone is 3. The van der Waals surface area contributed by atoms with Gasteiger partial charge < -0.3 is 23.6 Å². The lowest BCUT2D eigenvalue weighted by molar-refractivity contribution is -0.139. The molecule has 1 aromatic rings. The van der Waals surface area contributed by atoms with Gasteiger partial charge >= 0.3 is 5.97 Å². The van der Waals surface area contributed by atoms with Crippen LogP contribution in [0, 0.1) is 17.8 Å². The van der Waals surface area contributed by atoms with Gasteiger partial charge in [0, 0.05) is 0 Å². The van der Waals surface area contributed by atoms with Gasteiger partial charge in [0.15, 0.2) is 15.6 Å². The van der Waals surface area contributed by atoms with E-state index in [1.54, 1.807) is 6.08 Å². The molecular formula is C32H47O7P. The van der Waals surface area contributed by atoms with Crippen LogP contribution in [0.3, 0.4) is 0 Å². The molecule has 1 saturated carbocycles. The van der Waals surface area contributed by atoms with Gasteiger partial charge in [-0.25, -0.2) is 4.79 Å². The lowest BCUT2D eigenvalue weighted by atomic mass is 9.73. The van der Waals surface area contributed by atoms with Crippen LogP contribution in [0.25, 0.3) is 0 Å². The number of carboxylic acids is 1. The first-order valence-corrected chi connectivity index (χ1v) is 15.9. The summed E-state index contributed by atoms with van der Waals surface area (Å²) in [5.74, 6) is 2.33. The first-order valence-electron chi connectivity index (χ1n) is 15.1. The molecule has 0 aromatic heterocycles. The molecule has 4 aliphatic rings. The number of carbonyl (C=O) groups excluding carboxylic acids is 1. The third kappa shape index (κ3) is 9.43.